The molecule has 0 spiro atoms. The van der Waals surface area contributed by atoms with Crippen LogP contribution in [-0.4, -0.2) is 22.8 Å². The lowest BCUT2D eigenvalue weighted by Gasteiger charge is -2.06. The van der Waals surface area contributed by atoms with Crippen molar-refractivity contribution in [1.29, 1.82) is 10.8 Å². The van der Waals surface area contributed by atoms with Crippen LogP contribution in [0.2, 0.25) is 0 Å². The van der Waals surface area contributed by atoms with Gasteiger partial charge in [-0.05, 0) is 47.7 Å². The lowest BCUT2D eigenvalue weighted by Crippen LogP contribution is -2.08. The fraction of sp³-hybridized carbons (Fsp3) is 0. The summed E-state index contributed by atoms with van der Waals surface area (Å²) < 4.78 is 0. The summed E-state index contributed by atoms with van der Waals surface area (Å²) in [5.74, 6) is -0.317. The third-order valence-electron chi connectivity index (χ3n) is 3.64. The molecule has 0 aliphatic carbocycles. The van der Waals surface area contributed by atoms with Crippen molar-refractivity contribution in [3.8, 4) is 0 Å². The number of rotatable bonds is 7. The number of benzene rings is 1. The molecule has 2 aromatic rings. The molecule has 0 fully saturated rings. The van der Waals surface area contributed by atoms with E-state index in [2.05, 4.69) is 10.3 Å². The molecule has 1 aromatic carbocycles. The van der Waals surface area contributed by atoms with E-state index in [1.54, 1.807) is 48.8 Å². The molecule has 0 aliphatic heterocycles. The largest absolute Gasteiger partial charge is 0.405 e. The van der Waals surface area contributed by atoms with Crippen LogP contribution >= 0.6 is 0 Å². The van der Waals surface area contributed by atoms with Gasteiger partial charge in [-0.25, -0.2) is 0 Å². The molecular formula is C20H20N6O. The van der Waals surface area contributed by atoms with Crippen LogP contribution in [0.15, 0.2) is 67.3 Å². The molecule has 2 rings (SSSR count). The van der Waals surface area contributed by atoms with Gasteiger partial charge in [0, 0.05) is 47.7 Å². The number of carbonyl (C=O) groups is 1. The summed E-state index contributed by atoms with van der Waals surface area (Å²) in [6, 6.07) is 8.59. The highest BCUT2D eigenvalue weighted by atomic mass is 16.1. The second-order valence-corrected chi connectivity index (χ2v) is 5.40. The number of anilines is 1. The first kappa shape index (κ1) is 19.3. The first-order valence-corrected chi connectivity index (χ1v) is 8.02. The molecule has 1 heterocycles. The van der Waals surface area contributed by atoms with Gasteiger partial charge in [-0.15, -0.1) is 0 Å². The summed E-state index contributed by atoms with van der Waals surface area (Å²) in [7, 11) is 0. The average Bonchev–Trinajstić information content (AvgIpc) is 2.69. The molecule has 7 nitrogen and oxygen atoms in total. The minimum atomic E-state index is -0.317. The second kappa shape index (κ2) is 9.47. The summed E-state index contributed by atoms with van der Waals surface area (Å²) >= 11 is 0. The normalized spacial score (nSPS) is 11.6. The molecule has 1 aromatic heterocycles. The molecule has 1 amide bonds. The van der Waals surface area contributed by atoms with Crippen LogP contribution < -0.4 is 16.8 Å². The van der Waals surface area contributed by atoms with Crippen LogP contribution in [0.25, 0.3) is 11.6 Å². The highest BCUT2D eigenvalue weighted by Crippen LogP contribution is 2.17. The quantitative estimate of drug-likeness (QED) is 0.382. The van der Waals surface area contributed by atoms with Crippen molar-refractivity contribution in [2.45, 2.75) is 0 Å². The summed E-state index contributed by atoms with van der Waals surface area (Å²) in [4.78, 5) is 16.2. The van der Waals surface area contributed by atoms with Gasteiger partial charge in [-0.1, -0.05) is 12.1 Å². The monoisotopic (exact) mass is 360 g/mol. The smallest absolute Gasteiger partial charge is 0.248 e. The third-order valence-corrected chi connectivity index (χ3v) is 3.64. The first-order valence-electron chi connectivity index (χ1n) is 8.02. The zero-order valence-corrected chi connectivity index (χ0v) is 14.5. The minimum Gasteiger partial charge on any atom is -0.405 e. The molecule has 0 bridgehead atoms. The average molecular weight is 360 g/mol. The van der Waals surface area contributed by atoms with Gasteiger partial charge < -0.3 is 27.6 Å². The van der Waals surface area contributed by atoms with Gasteiger partial charge in [0.15, 0.2) is 0 Å². The van der Waals surface area contributed by atoms with E-state index in [4.69, 9.17) is 22.3 Å². The Morgan fingerprint density at radius 3 is 2.48 bits per heavy atom. The molecule has 27 heavy (non-hydrogen) atoms. The lowest BCUT2D eigenvalue weighted by atomic mass is 10.0. The highest BCUT2D eigenvalue weighted by molar-refractivity contribution is 6.10. The van der Waals surface area contributed by atoms with E-state index in [1.165, 1.54) is 24.6 Å². The highest BCUT2D eigenvalue weighted by Gasteiger charge is 2.05. The Balaban J connectivity index is 2.10. The maximum Gasteiger partial charge on any atom is 0.248 e. The van der Waals surface area contributed by atoms with Crippen molar-refractivity contribution in [2.24, 2.45) is 11.5 Å². The van der Waals surface area contributed by atoms with Gasteiger partial charge in [0.05, 0.1) is 5.71 Å². The maximum absolute atomic E-state index is 12.2. The van der Waals surface area contributed by atoms with Gasteiger partial charge in [0.1, 0.15) is 0 Å². The summed E-state index contributed by atoms with van der Waals surface area (Å²) in [5, 5.41) is 17.9. The predicted molar refractivity (Wildman–Crippen MR) is 109 cm³/mol. The van der Waals surface area contributed by atoms with Crippen LogP contribution in [0.3, 0.4) is 0 Å². The Morgan fingerprint density at radius 1 is 1.11 bits per heavy atom. The summed E-state index contributed by atoms with van der Waals surface area (Å²) in [5.41, 5.74) is 14.3. The van der Waals surface area contributed by atoms with Gasteiger partial charge >= 0.3 is 0 Å². The molecule has 0 aliphatic rings. The van der Waals surface area contributed by atoms with Crippen LogP contribution in [0, 0.1) is 10.8 Å². The van der Waals surface area contributed by atoms with Gasteiger partial charge in [-0.2, -0.15) is 0 Å². The van der Waals surface area contributed by atoms with Crippen molar-refractivity contribution in [2.75, 3.05) is 5.32 Å². The number of aromatic nitrogens is 1. The van der Waals surface area contributed by atoms with Crippen LogP contribution in [0.1, 0.15) is 16.7 Å². The van der Waals surface area contributed by atoms with E-state index >= 15 is 0 Å². The number of nitrogens with one attached hydrogen (secondary N) is 3. The zero-order chi connectivity index (χ0) is 19.6. The molecule has 0 radical (unpaired) electrons. The number of nitrogens with two attached hydrogens (primary N) is 2. The van der Waals surface area contributed by atoms with Crippen molar-refractivity contribution in [1.82, 2.24) is 4.98 Å². The summed E-state index contributed by atoms with van der Waals surface area (Å²) in [6.07, 6.45) is 11.5. The van der Waals surface area contributed by atoms with E-state index in [0.717, 1.165) is 6.21 Å². The van der Waals surface area contributed by atoms with Gasteiger partial charge in [0.25, 0.3) is 0 Å². The van der Waals surface area contributed by atoms with Crippen LogP contribution in [0.4, 0.5) is 5.69 Å². The zero-order valence-electron chi connectivity index (χ0n) is 14.5. The Hall–Kier alpha value is -4.00. The molecule has 136 valence electrons. The number of allylic oxidation sites excluding steroid dienone is 2. The van der Waals surface area contributed by atoms with Crippen molar-refractivity contribution in [3.63, 3.8) is 0 Å². The molecule has 0 unspecified atom stereocenters. The van der Waals surface area contributed by atoms with E-state index < -0.39 is 0 Å². The number of hydrogen-bond donors (Lipinski definition) is 5. The molecule has 0 atom stereocenters. The number of amides is 1. The van der Waals surface area contributed by atoms with E-state index in [0.29, 0.717) is 28.0 Å². The van der Waals surface area contributed by atoms with Gasteiger partial charge in [-0.3, -0.25) is 9.78 Å². The number of pyridine rings is 1. The number of nitrogens with zero attached hydrogens (tertiary/aromatic N) is 1. The molecule has 7 N–H and O–H groups in total. The third kappa shape index (κ3) is 5.23. The Morgan fingerprint density at radius 2 is 1.85 bits per heavy atom. The second-order valence-electron chi connectivity index (χ2n) is 5.40. The molecular weight excluding hydrogens is 340 g/mol. The minimum absolute atomic E-state index is 0.286. The molecule has 0 saturated carbocycles. The maximum atomic E-state index is 12.2. The van der Waals surface area contributed by atoms with E-state index in [1.807, 2.05) is 0 Å². The van der Waals surface area contributed by atoms with Crippen molar-refractivity contribution in [3.05, 3.63) is 84.0 Å². The van der Waals surface area contributed by atoms with E-state index in [-0.39, 0.29) is 11.6 Å². The standard InChI is InChI=1S/C20H20N6O/c21-9-7-19(24)14-1-4-17(5-2-14)26-20(27)6-3-15-13-25-10-8-18(15)16(11-22)12-23/h1-13,22,24H,21,23H2,(H,26,27)/b6-3+,9-7-,16-12+,22-11?,24-19?. The predicted octanol–water partition coefficient (Wildman–Crippen LogP) is 2.52. The number of carbonyl (C=O) groups excluding carboxylic acids is 1. The molecule has 0 saturated heterocycles. The van der Waals surface area contributed by atoms with Gasteiger partial charge in [0.2, 0.25) is 5.91 Å². The lowest BCUT2D eigenvalue weighted by molar-refractivity contribution is -0.111. The Labute approximate surface area is 157 Å². The SMILES string of the molecule is N=C/C(=C\N)c1ccncc1/C=C/C(=O)Nc1ccc(C(=N)/C=C\N)cc1. The van der Waals surface area contributed by atoms with Crippen molar-refractivity contribution < 1.29 is 4.79 Å². The Bertz CT molecular complexity index is 926. The Kier molecular flexibility index (Phi) is 6.78. The van der Waals surface area contributed by atoms with E-state index in [9.17, 15) is 4.79 Å². The summed E-state index contributed by atoms with van der Waals surface area (Å²) in [6.45, 7) is 0. The van der Waals surface area contributed by atoms with Crippen LogP contribution in [0.5, 0.6) is 0 Å². The fourth-order valence-corrected chi connectivity index (χ4v) is 2.29. The fourth-order valence-electron chi connectivity index (χ4n) is 2.29. The van der Waals surface area contributed by atoms with Crippen LogP contribution in [-0.2, 0) is 4.79 Å². The first-order chi connectivity index (χ1) is 13.1. The van der Waals surface area contributed by atoms with Crippen molar-refractivity contribution >= 4 is 35.2 Å². The molecule has 7 heteroatoms. The number of hydrogen-bond acceptors (Lipinski definition) is 6. The topological polar surface area (TPSA) is 142 Å².